The lowest BCUT2D eigenvalue weighted by Gasteiger charge is -2.35. The lowest BCUT2D eigenvalue weighted by atomic mass is 9.78. The van der Waals surface area contributed by atoms with Crippen molar-refractivity contribution in [2.24, 2.45) is 29.4 Å². The molecule has 0 bridgehead atoms. The van der Waals surface area contributed by atoms with Crippen LogP contribution in [0.3, 0.4) is 0 Å². The molecule has 0 heterocycles. The zero-order valence-electron chi connectivity index (χ0n) is 13.4. The monoisotopic (exact) mass is 282 g/mol. The van der Waals surface area contributed by atoms with E-state index in [0.29, 0.717) is 11.8 Å². The molecule has 2 unspecified atom stereocenters. The largest absolute Gasteiger partial charge is 0.369 e. The maximum atomic E-state index is 12.8. The van der Waals surface area contributed by atoms with Gasteiger partial charge >= 0.3 is 0 Å². The van der Waals surface area contributed by atoms with E-state index in [2.05, 4.69) is 27.7 Å². The second-order valence-electron chi connectivity index (χ2n) is 6.93. The van der Waals surface area contributed by atoms with Crippen LogP contribution in [0.4, 0.5) is 0 Å². The Morgan fingerprint density at radius 2 is 1.45 bits per heavy atom. The van der Waals surface area contributed by atoms with Crippen LogP contribution in [0.1, 0.15) is 53.4 Å². The smallest absolute Gasteiger partial charge is 0.226 e. The van der Waals surface area contributed by atoms with Gasteiger partial charge in [-0.1, -0.05) is 40.5 Å². The number of primary amides is 1. The predicted molar refractivity (Wildman–Crippen MR) is 80.9 cm³/mol. The van der Waals surface area contributed by atoms with E-state index in [9.17, 15) is 9.59 Å². The summed E-state index contributed by atoms with van der Waals surface area (Å²) >= 11 is 0. The van der Waals surface area contributed by atoms with E-state index >= 15 is 0 Å². The second kappa shape index (κ2) is 7.65. The van der Waals surface area contributed by atoms with E-state index in [1.807, 2.05) is 4.90 Å². The van der Waals surface area contributed by atoms with Gasteiger partial charge in [0.05, 0.1) is 0 Å². The Balaban J connectivity index is 2.82. The standard InChI is InChI=1S/C16H30N2O2/c1-11(2)9-18(10-12(3)4)16(20)14-8-6-5-7-13(14)15(17)19/h11-14H,5-10H2,1-4H3,(H2,17,19). The molecule has 1 fully saturated rings. The molecule has 116 valence electrons. The van der Waals surface area contributed by atoms with E-state index in [4.69, 9.17) is 5.73 Å². The summed E-state index contributed by atoms with van der Waals surface area (Å²) in [6, 6.07) is 0. The Morgan fingerprint density at radius 1 is 1.00 bits per heavy atom. The van der Waals surface area contributed by atoms with Gasteiger partial charge in [-0.05, 0) is 24.7 Å². The molecule has 2 atom stereocenters. The minimum absolute atomic E-state index is 0.135. The maximum Gasteiger partial charge on any atom is 0.226 e. The Labute approximate surface area is 123 Å². The Bertz CT molecular complexity index is 329. The molecule has 0 aromatic heterocycles. The first-order valence-corrected chi connectivity index (χ1v) is 7.91. The third-order valence-corrected chi connectivity index (χ3v) is 3.93. The van der Waals surface area contributed by atoms with E-state index < -0.39 is 0 Å². The summed E-state index contributed by atoms with van der Waals surface area (Å²) < 4.78 is 0. The molecule has 0 saturated heterocycles. The van der Waals surface area contributed by atoms with Crippen molar-refractivity contribution in [1.82, 2.24) is 4.90 Å². The molecular formula is C16H30N2O2. The van der Waals surface area contributed by atoms with Gasteiger partial charge in [-0.2, -0.15) is 0 Å². The molecule has 1 saturated carbocycles. The lowest BCUT2D eigenvalue weighted by molar-refractivity contribution is -0.143. The summed E-state index contributed by atoms with van der Waals surface area (Å²) in [4.78, 5) is 26.3. The molecule has 0 spiro atoms. The van der Waals surface area contributed by atoms with Gasteiger partial charge in [0, 0.05) is 24.9 Å². The van der Waals surface area contributed by atoms with E-state index in [0.717, 1.165) is 38.8 Å². The fraction of sp³-hybridized carbons (Fsp3) is 0.875. The molecule has 20 heavy (non-hydrogen) atoms. The van der Waals surface area contributed by atoms with Crippen LogP contribution in [-0.2, 0) is 9.59 Å². The first-order chi connectivity index (χ1) is 9.32. The number of nitrogens with zero attached hydrogens (tertiary/aromatic N) is 1. The molecule has 4 heteroatoms. The normalized spacial score (nSPS) is 23.1. The van der Waals surface area contributed by atoms with Crippen LogP contribution in [0, 0.1) is 23.7 Å². The molecule has 1 aliphatic carbocycles. The van der Waals surface area contributed by atoms with Gasteiger partial charge < -0.3 is 10.6 Å². The number of amides is 2. The zero-order chi connectivity index (χ0) is 15.3. The fourth-order valence-corrected chi connectivity index (χ4v) is 3.14. The number of nitrogens with two attached hydrogens (primary N) is 1. The highest BCUT2D eigenvalue weighted by Crippen LogP contribution is 2.31. The molecule has 0 aliphatic heterocycles. The summed E-state index contributed by atoms with van der Waals surface area (Å²) in [5.74, 6) is 0.242. The van der Waals surface area contributed by atoms with Gasteiger partial charge in [0.15, 0.2) is 0 Å². The molecule has 2 amide bonds. The van der Waals surface area contributed by atoms with Gasteiger partial charge in [-0.3, -0.25) is 9.59 Å². The number of carbonyl (C=O) groups is 2. The summed E-state index contributed by atoms with van der Waals surface area (Å²) in [5, 5.41) is 0. The average molecular weight is 282 g/mol. The SMILES string of the molecule is CC(C)CN(CC(C)C)C(=O)C1CCCCC1C(N)=O. The van der Waals surface area contributed by atoms with Crippen molar-refractivity contribution in [3.05, 3.63) is 0 Å². The van der Waals surface area contributed by atoms with Crippen molar-refractivity contribution in [3.63, 3.8) is 0 Å². The summed E-state index contributed by atoms with van der Waals surface area (Å²) in [7, 11) is 0. The number of carbonyl (C=O) groups excluding carboxylic acids is 2. The molecule has 0 radical (unpaired) electrons. The van der Waals surface area contributed by atoms with Crippen molar-refractivity contribution < 1.29 is 9.59 Å². The fourth-order valence-electron chi connectivity index (χ4n) is 3.14. The first kappa shape index (κ1) is 17.0. The first-order valence-electron chi connectivity index (χ1n) is 7.91. The lowest BCUT2D eigenvalue weighted by Crippen LogP contribution is -2.46. The molecule has 0 aromatic carbocycles. The van der Waals surface area contributed by atoms with Crippen LogP contribution in [0.25, 0.3) is 0 Å². The Morgan fingerprint density at radius 3 is 1.85 bits per heavy atom. The molecule has 1 aliphatic rings. The minimum atomic E-state index is -0.308. The third-order valence-electron chi connectivity index (χ3n) is 3.93. The minimum Gasteiger partial charge on any atom is -0.369 e. The second-order valence-corrected chi connectivity index (χ2v) is 6.93. The van der Waals surface area contributed by atoms with E-state index in [1.54, 1.807) is 0 Å². The summed E-state index contributed by atoms with van der Waals surface area (Å²) in [6.45, 7) is 10.00. The van der Waals surface area contributed by atoms with Crippen molar-refractivity contribution in [2.75, 3.05) is 13.1 Å². The number of rotatable bonds is 6. The molecule has 1 rings (SSSR count). The van der Waals surface area contributed by atoms with Crippen LogP contribution in [0.15, 0.2) is 0 Å². The summed E-state index contributed by atoms with van der Waals surface area (Å²) in [5.41, 5.74) is 5.49. The van der Waals surface area contributed by atoms with Crippen LogP contribution < -0.4 is 5.73 Å². The molecular weight excluding hydrogens is 252 g/mol. The highest BCUT2D eigenvalue weighted by molar-refractivity contribution is 5.87. The topological polar surface area (TPSA) is 63.4 Å². The van der Waals surface area contributed by atoms with Crippen molar-refractivity contribution >= 4 is 11.8 Å². The van der Waals surface area contributed by atoms with Gasteiger partial charge in [0.25, 0.3) is 0 Å². The van der Waals surface area contributed by atoms with E-state index in [1.165, 1.54) is 0 Å². The van der Waals surface area contributed by atoms with Gasteiger partial charge in [0.2, 0.25) is 11.8 Å². The van der Waals surface area contributed by atoms with E-state index in [-0.39, 0.29) is 23.7 Å². The van der Waals surface area contributed by atoms with Crippen LogP contribution in [0.5, 0.6) is 0 Å². The molecule has 4 nitrogen and oxygen atoms in total. The highest BCUT2D eigenvalue weighted by Gasteiger charge is 2.36. The van der Waals surface area contributed by atoms with Crippen LogP contribution >= 0.6 is 0 Å². The number of hydrogen-bond donors (Lipinski definition) is 1. The van der Waals surface area contributed by atoms with Gasteiger partial charge in [-0.15, -0.1) is 0 Å². The Kier molecular flexibility index (Phi) is 6.50. The third kappa shape index (κ3) is 4.80. The van der Waals surface area contributed by atoms with Crippen LogP contribution in [-0.4, -0.2) is 29.8 Å². The van der Waals surface area contributed by atoms with Crippen molar-refractivity contribution in [2.45, 2.75) is 53.4 Å². The van der Waals surface area contributed by atoms with Gasteiger partial charge in [0.1, 0.15) is 0 Å². The number of hydrogen-bond acceptors (Lipinski definition) is 2. The van der Waals surface area contributed by atoms with Crippen molar-refractivity contribution in [1.29, 1.82) is 0 Å². The van der Waals surface area contributed by atoms with Crippen LogP contribution in [0.2, 0.25) is 0 Å². The predicted octanol–water partition coefficient (Wildman–Crippen LogP) is 2.42. The molecule has 0 aromatic rings. The Hall–Kier alpha value is -1.06. The molecule has 2 N–H and O–H groups in total. The average Bonchev–Trinajstić information content (AvgIpc) is 2.36. The highest BCUT2D eigenvalue weighted by atomic mass is 16.2. The quantitative estimate of drug-likeness (QED) is 0.813. The van der Waals surface area contributed by atoms with Crippen molar-refractivity contribution in [3.8, 4) is 0 Å². The zero-order valence-corrected chi connectivity index (χ0v) is 13.4. The van der Waals surface area contributed by atoms with Gasteiger partial charge in [-0.25, -0.2) is 0 Å². The maximum absolute atomic E-state index is 12.8. The summed E-state index contributed by atoms with van der Waals surface area (Å²) in [6.07, 6.45) is 3.60.